The number of nitrogens with zero attached hydrogens (tertiary/aromatic N) is 1. The van der Waals surface area contributed by atoms with Crippen molar-refractivity contribution in [1.29, 1.82) is 0 Å². The maximum Gasteiger partial charge on any atom is 0.255 e. The Balaban J connectivity index is 1.44. The van der Waals surface area contributed by atoms with Crippen molar-refractivity contribution < 1.29 is 19.4 Å². The van der Waals surface area contributed by atoms with Crippen LogP contribution >= 0.6 is 11.3 Å². The summed E-state index contributed by atoms with van der Waals surface area (Å²) in [6, 6.07) is 18.4. The summed E-state index contributed by atoms with van der Waals surface area (Å²) in [6.45, 7) is 0. The number of carbonyl (C=O) groups excluding carboxylic acids is 2. The van der Waals surface area contributed by atoms with Crippen molar-refractivity contribution in [2.24, 2.45) is 0 Å². The third-order valence-corrected chi connectivity index (χ3v) is 5.69. The molecule has 0 fully saturated rings. The molecule has 9 heteroatoms. The van der Waals surface area contributed by atoms with Gasteiger partial charge in [0, 0.05) is 27.9 Å². The van der Waals surface area contributed by atoms with Crippen molar-refractivity contribution in [3.8, 4) is 22.8 Å². The highest BCUT2D eigenvalue weighted by Gasteiger charge is 2.16. The van der Waals surface area contributed by atoms with Crippen LogP contribution in [0.25, 0.3) is 11.3 Å². The van der Waals surface area contributed by atoms with Gasteiger partial charge in [-0.15, -0.1) is 11.3 Å². The number of carbonyl (C=O) groups is 2. The molecule has 0 aliphatic heterocycles. The van der Waals surface area contributed by atoms with Gasteiger partial charge in [-0.2, -0.15) is 0 Å². The molecule has 4 rings (SSSR count). The van der Waals surface area contributed by atoms with Crippen LogP contribution in [0, 0.1) is 0 Å². The van der Waals surface area contributed by atoms with Crippen molar-refractivity contribution in [3.05, 3.63) is 83.2 Å². The van der Waals surface area contributed by atoms with E-state index in [0.717, 1.165) is 11.3 Å². The summed E-state index contributed by atoms with van der Waals surface area (Å²) in [7, 11) is 1.56. The number of ether oxygens (including phenoxy) is 1. The lowest BCUT2D eigenvalue weighted by molar-refractivity contribution is -0.115. The van der Waals surface area contributed by atoms with Gasteiger partial charge in [0.25, 0.3) is 5.91 Å². The lowest BCUT2D eigenvalue weighted by Crippen LogP contribution is -2.19. The van der Waals surface area contributed by atoms with Gasteiger partial charge in [0.2, 0.25) is 5.91 Å². The topological polar surface area (TPSA) is 127 Å². The van der Waals surface area contributed by atoms with Crippen LogP contribution in [0.15, 0.2) is 72.1 Å². The number of nitrogens with two attached hydrogens (primary N) is 1. The number of benzene rings is 3. The van der Waals surface area contributed by atoms with Crippen LogP contribution in [0.1, 0.15) is 15.9 Å². The SMILES string of the molecule is COc1ccc(NC(=O)c2ccc(O)cc2CC(=O)Nc2ccc(-c3csc(N)n3)cc2)cc1. The van der Waals surface area contributed by atoms with Crippen LogP contribution in [0.2, 0.25) is 0 Å². The third kappa shape index (κ3) is 5.51. The quantitative estimate of drug-likeness (QED) is 0.311. The molecular formula is C25H22N4O4S. The summed E-state index contributed by atoms with van der Waals surface area (Å²) in [4.78, 5) is 29.8. The zero-order valence-electron chi connectivity index (χ0n) is 18.2. The van der Waals surface area contributed by atoms with Crippen molar-refractivity contribution in [2.75, 3.05) is 23.5 Å². The third-order valence-electron chi connectivity index (χ3n) is 5.02. The number of aromatic hydroxyl groups is 1. The summed E-state index contributed by atoms with van der Waals surface area (Å²) >= 11 is 1.36. The molecule has 4 aromatic rings. The summed E-state index contributed by atoms with van der Waals surface area (Å²) in [5.74, 6) is -0.0750. The first kappa shape index (κ1) is 22.8. The summed E-state index contributed by atoms with van der Waals surface area (Å²) < 4.78 is 5.12. The second-order valence-electron chi connectivity index (χ2n) is 7.40. The van der Waals surface area contributed by atoms with Crippen LogP contribution in [0.4, 0.5) is 16.5 Å². The Hall–Kier alpha value is -4.37. The number of rotatable bonds is 7. The Morgan fingerprint density at radius 2 is 1.68 bits per heavy atom. The Kier molecular flexibility index (Phi) is 6.74. The van der Waals surface area contributed by atoms with Gasteiger partial charge < -0.3 is 26.2 Å². The molecule has 0 unspecified atom stereocenters. The zero-order chi connectivity index (χ0) is 24.1. The highest BCUT2D eigenvalue weighted by atomic mass is 32.1. The first-order valence-corrected chi connectivity index (χ1v) is 11.2. The molecule has 1 aromatic heterocycles. The van der Waals surface area contributed by atoms with E-state index in [-0.39, 0.29) is 24.0 Å². The highest BCUT2D eigenvalue weighted by Crippen LogP contribution is 2.25. The molecule has 0 bridgehead atoms. The van der Waals surface area contributed by atoms with Gasteiger partial charge in [-0.25, -0.2) is 4.98 Å². The first-order chi connectivity index (χ1) is 16.4. The Labute approximate surface area is 200 Å². The number of methoxy groups -OCH3 is 1. The fourth-order valence-corrected chi connectivity index (χ4v) is 3.92. The second-order valence-corrected chi connectivity index (χ2v) is 8.29. The number of anilines is 3. The fraction of sp³-hybridized carbons (Fsp3) is 0.0800. The van der Waals surface area contributed by atoms with Gasteiger partial charge in [0.05, 0.1) is 19.2 Å². The minimum Gasteiger partial charge on any atom is -0.508 e. The second kappa shape index (κ2) is 10.1. The van der Waals surface area contributed by atoms with E-state index in [0.29, 0.717) is 33.4 Å². The van der Waals surface area contributed by atoms with Gasteiger partial charge in [-0.3, -0.25) is 9.59 Å². The van der Waals surface area contributed by atoms with E-state index in [1.54, 1.807) is 43.5 Å². The predicted molar refractivity (Wildman–Crippen MR) is 133 cm³/mol. The molecule has 2 amide bonds. The van der Waals surface area contributed by atoms with Crippen LogP contribution < -0.4 is 21.1 Å². The number of hydrogen-bond acceptors (Lipinski definition) is 7. The predicted octanol–water partition coefficient (Wildman–Crippen LogP) is 4.54. The lowest BCUT2D eigenvalue weighted by Gasteiger charge is -2.12. The van der Waals surface area contributed by atoms with Gasteiger partial charge >= 0.3 is 0 Å². The van der Waals surface area contributed by atoms with Crippen molar-refractivity contribution in [3.63, 3.8) is 0 Å². The smallest absolute Gasteiger partial charge is 0.255 e. The monoisotopic (exact) mass is 474 g/mol. The number of phenols is 1. The molecule has 5 N–H and O–H groups in total. The number of amides is 2. The molecule has 0 atom stereocenters. The highest BCUT2D eigenvalue weighted by molar-refractivity contribution is 7.13. The minimum atomic E-state index is -0.389. The van der Waals surface area contributed by atoms with Crippen LogP contribution in [0.3, 0.4) is 0 Å². The molecule has 0 radical (unpaired) electrons. The van der Waals surface area contributed by atoms with Gasteiger partial charge in [-0.1, -0.05) is 12.1 Å². The molecule has 3 aromatic carbocycles. The normalized spacial score (nSPS) is 10.5. The van der Waals surface area contributed by atoms with Crippen molar-refractivity contribution in [1.82, 2.24) is 4.98 Å². The van der Waals surface area contributed by atoms with E-state index in [1.807, 2.05) is 17.5 Å². The maximum atomic E-state index is 12.8. The fourth-order valence-electron chi connectivity index (χ4n) is 3.34. The summed E-state index contributed by atoms with van der Waals surface area (Å²) in [5, 5.41) is 17.9. The largest absolute Gasteiger partial charge is 0.508 e. The number of thiazole rings is 1. The number of phenolic OH excluding ortho intramolecular Hbond substituents is 1. The molecule has 34 heavy (non-hydrogen) atoms. The molecule has 0 saturated carbocycles. The van der Waals surface area contributed by atoms with Crippen LogP contribution in [-0.4, -0.2) is 29.0 Å². The van der Waals surface area contributed by atoms with Crippen LogP contribution in [-0.2, 0) is 11.2 Å². The minimum absolute atomic E-state index is 0.0318. The zero-order valence-corrected chi connectivity index (χ0v) is 19.1. The summed E-state index contributed by atoms with van der Waals surface area (Å²) in [5.41, 5.74) is 9.21. The van der Waals surface area contributed by atoms with E-state index < -0.39 is 0 Å². The van der Waals surface area contributed by atoms with E-state index >= 15 is 0 Å². The van der Waals surface area contributed by atoms with Gasteiger partial charge in [-0.05, 0) is 60.2 Å². The average Bonchev–Trinajstić information content (AvgIpc) is 3.26. The number of aromatic nitrogens is 1. The van der Waals surface area contributed by atoms with Crippen molar-refractivity contribution in [2.45, 2.75) is 6.42 Å². The van der Waals surface area contributed by atoms with E-state index in [2.05, 4.69) is 15.6 Å². The molecular weight excluding hydrogens is 452 g/mol. The molecule has 8 nitrogen and oxygen atoms in total. The first-order valence-electron chi connectivity index (χ1n) is 10.3. The molecule has 0 spiro atoms. The van der Waals surface area contributed by atoms with E-state index in [9.17, 15) is 14.7 Å². The Morgan fingerprint density at radius 3 is 2.32 bits per heavy atom. The average molecular weight is 475 g/mol. The van der Waals surface area contributed by atoms with Gasteiger partial charge in [0.1, 0.15) is 11.5 Å². The van der Waals surface area contributed by atoms with E-state index in [1.165, 1.54) is 29.5 Å². The number of nitrogen functional groups attached to an aromatic ring is 1. The molecule has 0 saturated heterocycles. The lowest BCUT2D eigenvalue weighted by atomic mass is 10.0. The van der Waals surface area contributed by atoms with Gasteiger partial charge in [0.15, 0.2) is 5.13 Å². The number of nitrogens with one attached hydrogen (secondary N) is 2. The number of hydrogen-bond donors (Lipinski definition) is 4. The standard InChI is InChI=1S/C25H22N4O4S/c1-33-20-9-6-18(7-10-20)28-24(32)21-11-8-19(30)12-16(21)13-23(31)27-17-4-2-15(3-5-17)22-14-34-25(26)29-22/h2-12,14,30H,13H2,1H3,(H2,26,29)(H,27,31)(H,28,32). The molecule has 172 valence electrons. The molecule has 1 heterocycles. The summed E-state index contributed by atoms with van der Waals surface area (Å²) in [6.07, 6.45) is -0.0931. The Morgan fingerprint density at radius 1 is 1.00 bits per heavy atom. The molecule has 0 aliphatic carbocycles. The maximum absolute atomic E-state index is 12.8. The van der Waals surface area contributed by atoms with E-state index in [4.69, 9.17) is 10.5 Å². The van der Waals surface area contributed by atoms with Crippen LogP contribution in [0.5, 0.6) is 11.5 Å². The van der Waals surface area contributed by atoms with Crippen molar-refractivity contribution >= 4 is 39.7 Å². The molecule has 0 aliphatic rings. The Bertz CT molecular complexity index is 1320.